The van der Waals surface area contributed by atoms with Crippen LogP contribution in [0.3, 0.4) is 0 Å². The molecule has 0 aliphatic heterocycles. The Kier molecular flexibility index (Phi) is 5.15. The van der Waals surface area contributed by atoms with Crippen LogP contribution in [0.4, 0.5) is 0 Å². The van der Waals surface area contributed by atoms with Crippen molar-refractivity contribution in [2.45, 2.75) is 26.1 Å². The maximum absolute atomic E-state index is 11.8. The van der Waals surface area contributed by atoms with Gasteiger partial charge >= 0.3 is 0 Å². The average molecular weight is 222 g/mol. The van der Waals surface area contributed by atoms with Gasteiger partial charge in [0, 0.05) is 19.8 Å². The molecule has 0 aliphatic rings. The highest BCUT2D eigenvalue weighted by atomic mass is 16.7. The molecule has 0 amide bonds. The molecule has 0 radical (unpaired) electrons. The standard InChI is InChI=1S/C13H18O3/c1-4-10-5-7-11(8-6-10)12(14)9-13(15-2)16-3/h5-8,13H,4,9H2,1-3H3. The molecular weight excluding hydrogens is 204 g/mol. The van der Waals surface area contributed by atoms with Crippen molar-refractivity contribution in [1.82, 2.24) is 0 Å². The van der Waals surface area contributed by atoms with E-state index in [0.717, 1.165) is 6.42 Å². The van der Waals surface area contributed by atoms with E-state index in [4.69, 9.17) is 9.47 Å². The van der Waals surface area contributed by atoms with Crippen molar-refractivity contribution in [2.75, 3.05) is 14.2 Å². The summed E-state index contributed by atoms with van der Waals surface area (Å²) in [7, 11) is 3.06. The van der Waals surface area contributed by atoms with Crippen LogP contribution in [-0.2, 0) is 15.9 Å². The molecule has 1 rings (SSSR count). The van der Waals surface area contributed by atoms with Crippen LogP contribution in [0.2, 0.25) is 0 Å². The molecule has 0 aliphatic carbocycles. The first-order chi connectivity index (χ1) is 7.71. The molecule has 3 heteroatoms. The SMILES string of the molecule is CCc1ccc(C(=O)CC(OC)OC)cc1. The molecule has 16 heavy (non-hydrogen) atoms. The number of hydrogen-bond acceptors (Lipinski definition) is 3. The van der Waals surface area contributed by atoms with Gasteiger partial charge in [0.05, 0.1) is 6.42 Å². The van der Waals surface area contributed by atoms with Gasteiger partial charge in [-0.25, -0.2) is 0 Å². The second-order valence-electron chi connectivity index (χ2n) is 3.58. The summed E-state index contributed by atoms with van der Waals surface area (Å²) in [5.74, 6) is 0.0383. The number of ether oxygens (including phenoxy) is 2. The van der Waals surface area contributed by atoms with Crippen molar-refractivity contribution in [3.05, 3.63) is 35.4 Å². The average Bonchev–Trinajstić information content (AvgIpc) is 2.35. The van der Waals surface area contributed by atoms with Crippen molar-refractivity contribution in [3.63, 3.8) is 0 Å². The minimum absolute atomic E-state index is 0.0383. The first kappa shape index (κ1) is 12.9. The van der Waals surface area contributed by atoms with Crippen molar-refractivity contribution >= 4 is 5.78 Å². The van der Waals surface area contributed by atoms with Gasteiger partial charge in [0.15, 0.2) is 12.1 Å². The quantitative estimate of drug-likeness (QED) is 0.548. The number of carbonyl (C=O) groups is 1. The molecule has 88 valence electrons. The van der Waals surface area contributed by atoms with E-state index in [-0.39, 0.29) is 12.2 Å². The number of methoxy groups -OCH3 is 2. The van der Waals surface area contributed by atoms with Crippen molar-refractivity contribution < 1.29 is 14.3 Å². The van der Waals surface area contributed by atoms with E-state index in [0.29, 0.717) is 5.56 Å². The van der Waals surface area contributed by atoms with E-state index in [1.165, 1.54) is 19.8 Å². The molecule has 0 N–H and O–H groups in total. The minimum Gasteiger partial charge on any atom is -0.355 e. The monoisotopic (exact) mass is 222 g/mol. The Labute approximate surface area is 96.4 Å². The number of ketones is 1. The maximum atomic E-state index is 11.8. The van der Waals surface area contributed by atoms with Crippen molar-refractivity contribution in [3.8, 4) is 0 Å². The van der Waals surface area contributed by atoms with Crippen LogP contribution in [0.5, 0.6) is 0 Å². The van der Waals surface area contributed by atoms with Gasteiger partial charge in [-0.1, -0.05) is 31.2 Å². The number of benzene rings is 1. The third-order valence-corrected chi connectivity index (χ3v) is 2.56. The Morgan fingerprint density at radius 1 is 1.19 bits per heavy atom. The lowest BCUT2D eigenvalue weighted by Crippen LogP contribution is -2.18. The first-order valence-electron chi connectivity index (χ1n) is 5.39. The van der Waals surface area contributed by atoms with E-state index in [1.807, 2.05) is 24.3 Å². The number of carbonyl (C=O) groups excluding carboxylic acids is 1. The van der Waals surface area contributed by atoms with Gasteiger partial charge in [0.1, 0.15) is 0 Å². The Morgan fingerprint density at radius 3 is 2.19 bits per heavy atom. The third-order valence-electron chi connectivity index (χ3n) is 2.56. The Bertz CT molecular complexity index is 326. The molecule has 3 nitrogen and oxygen atoms in total. The van der Waals surface area contributed by atoms with Gasteiger partial charge in [-0.3, -0.25) is 4.79 Å². The van der Waals surface area contributed by atoms with Gasteiger partial charge in [-0.2, -0.15) is 0 Å². The Balaban J connectivity index is 2.65. The van der Waals surface area contributed by atoms with Gasteiger partial charge in [-0.15, -0.1) is 0 Å². The second kappa shape index (κ2) is 6.40. The number of Topliss-reactive ketones (excluding diaryl/α,β-unsaturated/α-hetero) is 1. The summed E-state index contributed by atoms with van der Waals surface area (Å²) < 4.78 is 9.99. The fraction of sp³-hybridized carbons (Fsp3) is 0.462. The number of hydrogen-bond donors (Lipinski definition) is 0. The topological polar surface area (TPSA) is 35.5 Å². The molecule has 0 unspecified atom stereocenters. The van der Waals surface area contributed by atoms with Gasteiger partial charge in [0.25, 0.3) is 0 Å². The third kappa shape index (κ3) is 3.43. The lowest BCUT2D eigenvalue weighted by Gasteiger charge is -2.12. The molecular formula is C13H18O3. The van der Waals surface area contributed by atoms with Crippen LogP contribution in [-0.4, -0.2) is 26.3 Å². The van der Waals surface area contributed by atoms with Gasteiger partial charge < -0.3 is 9.47 Å². The zero-order chi connectivity index (χ0) is 12.0. The van der Waals surface area contributed by atoms with Crippen LogP contribution in [0.25, 0.3) is 0 Å². The van der Waals surface area contributed by atoms with Crippen molar-refractivity contribution in [2.24, 2.45) is 0 Å². The molecule has 1 aromatic carbocycles. The Hall–Kier alpha value is -1.19. The van der Waals surface area contributed by atoms with Gasteiger partial charge in [0.2, 0.25) is 0 Å². The summed E-state index contributed by atoms with van der Waals surface area (Å²) in [4.78, 5) is 11.8. The van der Waals surface area contributed by atoms with Crippen LogP contribution >= 0.6 is 0 Å². The van der Waals surface area contributed by atoms with Crippen LogP contribution < -0.4 is 0 Å². The molecule has 0 saturated carbocycles. The number of rotatable bonds is 6. The highest BCUT2D eigenvalue weighted by molar-refractivity contribution is 5.96. The van der Waals surface area contributed by atoms with E-state index in [9.17, 15) is 4.79 Å². The zero-order valence-electron chi connectivity index (χ0n) is 10.0. The molecule has 0 bridgehead atoms. The summed E-state index contributed by atoms with van der Waals surface area (Å²) >= 11 is 0. The molecule has 0 saturated heterocycles. The maximum Gasteiger partial charge on any atom is 0.167 e. The minimum atomic E-state index is -0.460. The molecule has 0 aromatic heterocycles. The summed E-state index contributed by atoms with van der Waals surface area (Å²) in [6.45, 7) is 2.09. The number of aryl methyl sites for hydroxylation is 1. The van der Waals surface area contributed by atoms with Crippen molar-refractivity contribution in [1.29, 1.82) is 0 Å². The fourth-order valence-corrected chi connectivity index (χ4v) is 1.46. The highest BCUT2D eigenvalue weighted by Crippen LogP contribution is 2.10. The Morgan fingerprint density at radius 2 is 1.75 bits per heavy atom. The molecule has 0 fully saturated rings. The predicted molar refractivity (Wildman–Crippen MR) is 62.6 cm³/mol. The van der Waals surface area contributed by atoms with Crippen LogP contribution in [0, 0.1) is 0 Å². The smallest absolute Gasteiger partial charge is 0.167 e. The first-order valence-corrected chi connectivity index (χ1v) is 5.39. The largest absolute Gasteiger partial charge is 0.355 e. The van der Waals surface area contributed by atoms with E-state index in [2.05, 4.69) is 6.92 Å². The molecule has 0 heterocycles. The molecule has 0 spiro atoms. The van der Waals surface area contributed by atoms with Crippen LogP contribution in [0.15, 0.2) is 24.3 Å². The van der Waals surface area contributed by atoms with E-state index in [1.54, 1.807) is 0 Å². The lowest BCUT2D eigenvalue weighted by molar-refractivity contribution is -0.0993. The highest BCUT2D eigenvalue weighted by Gasteiger charge is 2.13. The molecule has 1 aromatic rings. The second-order valence-corrected chi connectivity index (χ2v) is 3.58. The summed E-state index contributed by atoms with van der Waals surface area (Å²) in [5.41, 5.74) is 1.93. The van der Waals surface area contributed by atoms with E-state index >= 15 is 0 Å². The summed E-state index contributed by atoms with van der Waals surface area (Å²) in [5, 5.41) is 0. The zero-order valence-corrected chi connectivity index (χ0v) is 10.0. The normalized spacial score (nSPS) is 10.8. The van der Waals surface area contributed by atoms with Crippen LogP contribution in [0.1, 0.15) is 29.3 Å². The van der Waals surface area contributed by atoms with Gasteiger partial charge in [-0.05, 0) is 12.0 Å². The van der Waals surface area contributed by atoms with E-state index < -0.39 is 6.29 Å². The lowest BCUT2D eigenvalue weighted by atomic mass is 10.0. The molecule has 0 atom stereocenters. The predicted octanol–water partition coefficient (Wildman–Crippen LogP) is 2.44. The fourth-order valence-electron chi connectivity index (χ4n) is 1.46. The summed E-state index contributed by atoms with van der Waals surface area (Å²) in [6.07, 6.45) is 0.768. The summed E-state index contributed by atoms with van der Waals surface area (Å²) in [6, 6.07) is 7.65.